The molecule has 1 N–H and O–H groups in total. The van der Waals surface area contributed by atoms with E-state index in [-0.39, 0.29) is 11.3 Å². The molecule has 1 aromatic carbocycles. The SMILES string of the molecule is C#CCCNc1ccc(C=O)cc1[N+](=O)[O-]. The molecule has 82 valence electrons. The first-order valence-electron chi connectivity index (χ1n) is 4.60. The van der Waals surface area contributed by atoms with Gasteiger partial charge in [0, 0.05) is 24.6 Å². The third-order valence-electron chi connectivity index (χ3n) is 1.94. The van der Waals surface area contributed by atoms with E-state index in [9.17, 15) is 14.9 Å². The molecule has 0 spiro atoms. The largest absolute Gasteiger partial charge is 0.379 e. The molecule has 5 heteroatoms. The molecular weight excluding hydrogens is 208 g/mol. The van der Waals surface area contributed by atoms with Gasteiger partial charge in [-0.15, -0.1) is 12.3 Å². The van der Waals surface area contributed by atoms with E-state index >= 15 is 0 Å². The Bertz CT molecular complexity index is 449. The Labute approximate surface area is 92.6 Å². The molecule has 0 aromatic heterocycles. The van der Waals surface area contributed by atoms with E-state index in [2.05, 4.69) is 11.2 Å². The minimum atomic E-state index is -0.537. The summed E-state index contributed by atoms with van der Waals surface area (Å²) >= 11 is 0. The van der Waals surface area contributed by atoms with Crippen LogP contribution in [0.1, 0.15) is 16.8 Å². The van der Waals surface area contributed by atoms with E-state index in [4.69, 9.17) is 6.42 Å². The molecule has 0 unspecified atom stereocenters. The van der Waals surface area contributed by atoms with Crippen LogP contribution < -0.4 is 5.32 Å². The Morgan fingerprint density at radius 2 is 2.31 bits per heavy atom. The van der Waals surface area contributed by atoms with Crippen LogP contribution in [0.2, 0.25) is 0 Å². The zero-order chi connectivity index (χ0) is 12.0. The molecule has 16 heavy (non-hydrogen) atoms. The molecular formula is C11H10N2O3. The Morgan fingerprint density at radius 1 is 1.56 bits per heavy atom. The quantitative estimate of drug-likeness (QED) is 0.269. The molecule has 0 aliphatic carbocycles. The van der Waals surface area contributed by atoms with Crippen LogP contribution in [0.4, 0.5) is 11.4 Å². The second kappa shape index (κ2) is 5.51. The van der Waals surface area contributed by atoms with Crippen LogP contribution in [0.25, 0.3) is 0 Å². The molecule has 0 bridgehead atoms. The number of nitrogens with zero attached hydrogens (tertiary/aromatic N) is 1. The van der Waals surface area contributed by atoms with Crippen LogP contribution in [-0.4, -0.2) is 17.8 Å². The maximum Gasteiger partial charge on any atom is 0.293 e. The van der Waals surface area contributed by atoms with E-state index in [1.165, 1.54) is 18.2 Å². The highest BCUT2D eigenvalue weighted by atomic mass is 16.6. The molecule has 1 aromatic rings. The summed E-state index contributed by atoms with van der Waals surface area (Å²) in [4.78, 5) is 20.7. The summed E-state index contributed by atoms with van der Waals surface area (Å²) in [6.07, 6.45) is 6.11. The topological polar surface area (TPSA) is 72.2 Å². The predicted octanol–water partition coefficient (Wildman–Crippen LogP) is 1.84. The van der Waals surface area contributed by atoms with Gasteiger partial charge in [0.05, 0.1) is 4.92 Å². The second-order valence-corrected chi connectivity index (χ2v) is 3.03. The number of carbonyl (C=O) groups excluding carboxylic acids is 1. The lowest BCUT2D eigenvalue weighted by Gasteiger charge is -2.05. The lowest BCUT2D eigenvalue weighted by molar-refractivity contribution is -0.384. The highest BCUT2D eigenvalue weighted by Gasteiger charge is 2.13. The maximum absolute atomic E-state index is 10.7. The summed E-state index contributed by atoms with van der Waals surface area (Å²) in [5, 5.41) is 13.6. The van der Waals surface area contributed by atoms with Crippen molar-refractivity contribution in [2.24, 2.45) is 0 Å². The fraction of sp³-hybridized carbons (Fsp3) is 0.182. The summed E-state index contributed by atoms with van der Waals surface area (Å²) in [6.45, 7) is 0.456. The van der Waals surface area contributed by atoms with Crippen molar-refractivity contribution in [1.82, 2.24) is 0 Å². The number of hydrogen-bond donors (Lipinski definition) is 1. The molecule has 0 saturated heterocycles. The number of benzene rings is 1. The summed E-state index contributed by atoms with van der Waals surface area (Å²) in [7, 11) is 0. The number of aldehydes is 1. The normalized spacial score (nSPS) is 9.19. The van der Waals surface area contributed by atoms with Crippen LogP contribution in [0.3, 0.4) is 0 Å². The average Bonchev–Trinajstić information content (AvgIpc) is 2.29. The Hall–Kier alpha value is -2.35. The van der Waals surface area contributed by atoms with Crippen LogP contribution >= 0.6 is 0 Å². The van der Waals surface area contributed by atoms with Gasteiger partial charge in [-0.1, -0.05) is 0 Å². The van der Waals surface area contributed by atoms with Crippen molar-refractivity contribution in [3.63, 3.8) is 0 Å². The van der Waals surface area contributed by atoms with Crippen molar-refractivity contribution in [3.05, 3.63) is 33.9 Å². The van der Waals surface area contributed by atoms with Crippen LogP contribution in [0.15, 0.2) is 18.2 Å². The van der Waals surface area contributed by atoms with Crippen molar-refractivity contribution in [1.29, 1.82) is 0 Å². The molecule has 1 rings (SSSR count). The lowest BCUT2D eigenvalue weighted by Crippen LogP contribution is -2.04. The molecule has 0 aliphatic rings. The van der Waals surface area contributed by atoms with Crippen molar-refractivity contribution in [2.75, 3.05) is 11.9 Å². The van der Waals surface area contributed by atoms with Crippen molar-refractivity contribution < 1.29 is 9.72 Å². The first-order chi connectivity index (χ1) is 7.69. The van der Waals surface area contributed by atoms with Gasteiger partial charge in [-0.25, -0.2) is 0 Å². The lowest BCUT2D eigenvalue weighted by atomic mass is 10.2. The third kappa shape index (κ3) is 2.82. The minimum Gasteiger partial charge on any atom is -0.379 e. The van der Waals surface area contributed by atoms with E-state index in [0.29, 0.717) is 24.9 Å². The standard InChI is InChI=1S/C11H10N2O3/c1-2-3-6-12-10-5-4-9(8-14)7-11(10)13(15)16/h1,4-5,7-8,12H,3,6H2. The van der Waals surface area contributed by atoms with Gasteiger partial charge in [-0.2, -0.15) is 0 Å². The predicted molar refractivity (Wildman–Crippen MR) is 60.4 cm³/mol. The number of nitrogens with one attached hydrogen (secondary N) is 1. The zero-order valence-electron chi connectivity index (χ0n) is 8.47. The fourth-order valence-corrected chi connectivity index (χ4v) is 1.19. The van der Waals surface area contributed by atoms with Crippen molar-refractivity contribution >= 4 is 17.7 Å². The van der Waals surface area contributed by atoms with Crippen molar-refractivity contribution in [2.45, 2.75) is 6.42 Å². The second-order valence-electron chi connectivity index (χ2n) is 3.03. The number of nitro groups is 1. The molecule has 0 fully saturated rings. The monoisotopic (exact) mass is 218 g/mol. The van der Waals surface area contributed by atoms with Gasteiger partial charge in [0.2, 0.25) is 0 Å². The first-order valence-corrected chi connectivity index (χ1v) is 4.60. The fourth-order valence-electron chi connectivity index (χ4n) is 1.19. The molecule has 5 nitrogen and oxygen atoms in total. The van der Waals surface area contributed by atoms with Gasteiger partial charge in [0.25, 0.3) is 5.69 Å². The van der Waals surface area contributed by atoms with Gasteiger partial charge >= 0.3 is 0 Å². The van der Waals surface area contributed by atoms with Gasteiger partial charge in [-0.3, -0.25) is 14.9 Å². The smallest absolute Gasteiger partial charge is 0.293 e. The molecule has 0 radical (unpaired) electrons. The van der Waals surface area contributed by atoms with E-state index in [0.717, 1.165) is 0 Å². The molecule has 0 amide bonds. The maximum atomic E-state index is 10.7. The zero-order valence-corrected chi connectivity index (χ0v) is 8.47. The number of carbonyl (C=O) groups is 1. The van der Waals surface area contributed by atoms with E-state index < -0.39 is 4.92 Å². The Balaban J connectivity index is 2.95. The van der Waals surface area contributed by atoms with Crippen LogP contribution in [-0.2, 0) is 0 Å². The molecule has 0 atom stereocenters. The Kier molecular flexibility index (Phi) is 4.04. The molecule has 0 aliphatic heterocycles. The average molecular weight is 218 g/mol. The summed E-state index contributed by atoms with van der Waals surface area (Å²) in [5.41, 5.74) is 0.515. The van der Waals surface area contributed by atoms with Crippen molar-refractivity contribution in [3.8, 4) is 12.3 Å². The number of rotatable bonds is 5. The summed E-state index contributed by atoms with van der Waals surface area (Å²) in [5.74, 6) is 2.42. The summed E-state index contributed by atoms with van der Waals surface area (Å²) in [6, 6.07) is 4.24. The number of anilines is 1. The number of hydrogen-bond acceptors (Lipinski definition) is 4. The number of nitro benzene ring substituents is 1. The summed E-state index contributed by atoms with van der Waals surface area (Å²) < 4.78 is 0. The molecule has 0 heterocycles. The Morgan fingerprint density at radius 3 is 2.88 bits per heavy atom. The highest BCUT2D eigenvalue weighted by Crippen LogP contribution is 2.24. The van der Waals surface area contributed by atoms with Gasteiger partial charge in [0.1, 0.15) is 12.0 Å². The third-order valence-corrected chi connectivity index (χ3v) is 1.94. The first kappa shape index (κ1) is 11.7. The number of terminal acetylenes is 1. The molecule has 0 saturated carbocycles. The highest BCUT2D eigenvalue weighted by molar-refractivity contribution is 5.79. The van der Waals surface area contributed by atoms with E-state index in [1.54, 1.807) is 0 Å². The van der Waals surface area contributed by atoms with Crippen LogP contribution in [0, 0.1) is 22.5 Å². The van der Waals surface area contributed by atoms with Gasteiger partial charge in [-0.05, 0) is 12.1 Å². The minimum absolute atomic E-state index is 0.123. The van der Waals surface area contributed by atoms with Gasteiger partial charge in [0.15, 0.2) is 0 Å². The van der Waals surface area contributed by atoms with Gasteiger partial charge < -0.3 is 5.32 Å². The van der Waals surface area contributed by atoms with Crippen LogP contribution in [0.5, 0.6) is 0 Å². The van der Waals surface area contributed by atoms with E-state index in [1.807, 2.05) is 0 Å².